The van der Waals surface area contributed by atoms with Gasteiger partial charge >= 0.3 is 0 Å². The van der Waals surface area contributed by atoms with Gasteiger partial charge in [-0.15, -0.1) is 0 Å². The highest BCUT2D eigenvalue weighted by molar-refractivity contribution is 6.37. The van der Waals surface area contributed by atoms with E-state index in [9.17, 15) is 4.79 Å². The van der Waals surface area contributed by atoms with Crippen LogP contribution >= 0.6 is 23.2 Å². The topological polar surface area (TPSA) is 52.3 Å². The summed E-state index contributed by atoms with van der Waals surface area (Å²) in [7, 11) is 1.51. The molecule has 2 N–H and O–H groups in total. The highest BCUT2D eigenvalue weighted by Gasteiger charge is 2.15. The fourth-order valence-corrected chi connectivity index (χ4v) is 2.16. The van der Waals surface area contributed by atoms with Gasteiger partial charge in [0.2, 0.25) is 0 Å². The second-order valence-electron chi connectivity index (χ2n) is 3.89. The molecule has 0 spiro atoms. The molecular weight excluding hydrogens is 285 g/mol. The summed E-state index contributed by atoms with van der Waals surface area (Å²) in [6, 6.07) is 9.75. The fraction of sp³-hybridized carbons (Fsp3) is 0.0714. The molecule has 5 heteroatoms. The third kappa shape index (κ3) is 2.67. The molecule has 98 valence electrons. The maximum absolute atomic E-state index is 12.3. The molecule has 0 unspecified atom stereocenters. The van der Waals surface area contributed by atoms with Crippen LogP contribution in [0.15, 0.2) is 36.4 Å². The van der Waals surface area contributed by atoms with Gasteiger partial charge in [0.25, 0.3) is 0 Å². The van der Waals surface area contributed by atoms with E-state index in [-0.39, 0.29) is 10.8 Å². The Hall–Kier alpha value is -1.71. The van der Waals surface area contributed by atoms with Crippen molar-refractivity contribution >= 4 is 34.7 Å². The lowest BCUT2D eigenvalue weighted by Crippen LogP contribution is -2.04. The number of carbonyl (C=O) groups is 1. The first-order chi connectivity index (χ1) is 9.04. The maximum atomic E-state index is 12.3. The summed E-state index contributed by atoms with van der Waals surface area (Å²) in [5.41, 5.74) is 6.83. The van der Waals surface area contributed by atoms with Gasteiger partial charge in [0, 0.05) is 11.1 Å². The van der Waals surface area contributed by atoms with Gasteiger partial charge in [0.1, 0.15) is 5.75 Å². The molecule has 19 heavy (non-hydrogen) atoms. The second kappa shape index (κ2) is 5.51. The van der Waals surface area contributed by atoms with Crippen molar-refractivity contribution in [1.29, 1.82) is 0 Å². The second-order valence-corrected chi connectivity index (χ2v) is 4.67. The minimum Gasteiger partial charge on any atom is -0.495 e. The molecule has 0 aliphatic carbocycles. The Morgan fingerprint density at radius 3 is 2.58 bits per heavy atom. The Morgan fingerprint density at radius 1 is 1.21 bits per heavy atom. The van der Waals surface area contributed by atoms with Gasteiger partial charge in [-0.3, -0.25) is 4.79 Å². The van der Waals surface area contributed by atoms with Crippen LogP contribution in [0.25, 0.3) is 0 Å². The smallest absolute Gasteiger partial charge is 0.194 e. The number of ether oxygens (including phenoxy) is 1. The van der Waals surface area contributed by atoms with Gasteiger partial charge < -0.3 is 10.5 Å². The number of benzene rings is 2. The van der Waals surface area contributed by atoms with E-state index < -0.39 is 0 Å². The normalized spacial score (nSPS) is 10.3. The number of halogens is 2. The van der Waals surface area contributed by atoms with Gasteiger partial charge in [-0.1, -0.05) is 29.3 Å². The van der Waals surface area contributed by atoms with E-state index in [1.54, 1.807) is 36.4 Å². The van der Waals surface area contributed by atoms with Crippen LogP contribution in [0.5, 0.6) is 5.75 Å². The van der Waals surface area contributed by atoms with E-state index in [2.05, 4.69) is 0 Å². The SMILES string of the molecule is COc1ccc(C(=O)c2cccc(N)c2Cl)cc1Cl. The predicted octanol–water partition coefficient (Wildman–Crippen LogP) is 3.82. The molecule has 0 radical (unpaired) electrons. The number of nitrogen functional groups attached to an aromatic ring is 1. The zero-order valence-corrected chi connectivity index (χ0v) is 11.6. The first-order valence-electron chi connectivity index (χ1n) is 5.47. The molecule has 0 atom stereocenters. The van der Waals surface area contributed by atoms with Crippen LogP contribution in [0.3, 0.4) is 0 Å². The maximum Gasteiger partial charge on any atom is 0.194 e. The number of ketones is 1. The molecule has 0 heterocycles. The Kier molecular flexibility index (Phi) is 3.98. The number of carbonyl (C=O) groups excluding carboxylic acids is 1. The van der Waals surface area contributed by atoms with E-state index in [1.165, 1.54) is 7.11 Å². The number of anilines is 1. The summed E-state index contributed by atoms with van der Waals surface area (Å²) in [4.78, 5) is 12.3. The number of nitrogens with two attached hydrogens (primary N) is 1. The number of hydrogen-bond donors (Lipinski definition) is 1. The lowest BCUT2D eigenvalue weighted by molar-refractivity contribution is 0.103. The summed E-state index contributed by atoms with van der Waals surface area (Å²) in [6.45, 7) is 0. The van der Waals surface area contributed by atoms with Gasteiger partial charge in [0.15, 0.2) is 5.78 Å². The zero-order valence-electron chi connectivity index (χ0n) is 10.1. The minimum atomic E-state index is -0.234. The molecule has 0 aliphatic heterocycles. The van der Waals surface area contributed by atoms with Gasteiger partial charge in [-0.25, -0.2) is 0 Å². The predicted molar refractivity (Wildman–Crippen MR) is 77.3 cm³/mol. The van der Waals surface area contributed by atoms with Crippen LogP contribution < -0.4 is 10.5 Å². The molecule has 0 amide bonds. The van der Waals surface area contributed by atoms with Crippen LogP contribution in [-0.2, 0) is 0 Å². The van der Waals surface area contributed by atoms with Crippen molar-refractivity contribution in [2.45, 2.75) is 0 Å². The lowest BCUT2D eigenvalue weighted by Gasteiger charge is -2.08. The van der Waals surface area contributed by atoms with Gasteiger partial charge in [-0.2, -0.15) is 0 Å². The Morgan fingerprint density at radius 2 is 1.95 bits per heavy atom. The summed E-state index contributed by atoms with van der Waals surface area (Å²) in [5, 5.41) is 0.618. The monoisotopic (exact) mass is 295 g/mol. The molecule has 2 aromatic rings. The first kappa shape index (κ1) is 13.7. The van der Waals surface area contributed by atoms with Crippen LogP contribution in [0, 0.1) is 0 Å². The van der Waals surface area contributed by atoms with Crippen LogP contribution in [0.4, 0.5) is 5.69 Å². The molecule has 2 rings (SSSR count). The molecule has 0 bridgehead atoms. The summed E-state index contributed by atoms with van der Waals surface area (Å²) >= 11 is 12.0. The highest BCUT2D eigenvalue weighted by Crippen LogP contribution is 2.29. The Labute approximate surface area is 120 Å². The number of hydrogen-bond acceptors (Lipinski definition) is 3. The first-order valence-corrected chi connectivity index (χ1v) is 6.22. The van der Waals surface area contributed by atoms with E-state index in [0.29, 0.717) is 27.6 Å². The average Bonchev–Trinajstić information content (AvgIpc) is 2.41. The Balaban J connectivity index is 2.44. The third-order valence-corrected chi connectivity index (χ3v) is 3.40. The molecule has 0 saturated carbocycles. The van der Waals surface area contributed by atoms with Crippen LogP contribution in [0.1, 0.15) is 15.9 Å². The van der Waals surface area contributed by atoms with Gasteiger partial charge in [0.05, 0.1) is 22.8 Å². The van der Waals surface area contributed by atoms with E-state index >= 15 is 0 Å². The van der Waals surface area contributed by atoms with Crippen LogP contribution in [0.2, 0.25) is 10.0 Å². The molecule has 0 aliphatic rings. The van der Waals surface area contributed by atoms with E-state index in [4.69, 9.17) is 33.7 Å². The molecule has 2 aromatic carbocycles. The number of methoxy groups -OCH3 is 1. The minimum absolute atomic E-state index is 0.234. The van der Waals surface area contributed by atoms with Crippen molar-refractivity contribution in [2.24, 2.45) is 0 Å². The molecule has 0 saturated heterocycles. The quantitative estimate of drug-likeness (QED) is 0.692. The Bertz CT molecular complexity index is 641. The molecule has 0 fully saturated rings. The molecule has 3 nitrogen and oxygen atoms in total. The molecular formula is C14H11Cl2NO2. The molecule has 0 aromatic heterocycles. The zero-order chi connectivity index (χ0) is 14.0. The van der Waals surface area contributed by atoms with E-state index in [0.717, 1.165) is 0 Å². The summed E-state index contributed by atoms with van der Waals surface area (Å²) < 4.78 is 5.04. The average molecular weight is 296 g/mol. The fourth-order valence-electron chi connectivity index (χ4n) is 1.69. The third-order valence-electron chi connectivity index (χ3n) is 2.69. The summed E-state index contributed by atoms with van der Waals surface area (Å²) in [6.07, 6.45) is 0. The van der Waals surface area contributed by atoms with Crippen molar-refractivity contribution in [3.63, 3.8) is 0 Å². The largest absolute Gasteiger partial charge is 0.495 e. The van der Waals surface area contributed by atoms with Crippen molar-refractivity contribution in [2.75, 3.05) is 12.8 Å². The van der Waals surface area contributed by atoms with Crippen molar-refractivity contribution in [1.82, 2.24) is 0 Å². The highest BCUT2D eigenvalue weighted by atomic mass is 35.5. The van der Waals surface area contributed by atoms with Crippen LogP contribution in [-0.4, -0.2) is 12.9 Å². The summed E-state index contributed by atoms with van der Waals surface area (Å²) in [5.74, 6) is 0.277. The standard InChI is InChI=1S/C14H11Cl2NO2/c1-19-12-6-5-8(7-10(12)15)14(18)9-3-2-4-11(17)13(9)16/h2-7H,17H2,1H3. The van der Waals surface area contributed by atoms with Crippen molar-refractivity contribution < 1.29 is 9.53 Å². The van der Waals surface area contributed by atoms with Gasteiger partial charge in [-0.05, 0) is 30.3 Å². The number of rotatable bonds is 3. The van der Waals surface area contributed by atoms with Crippen molar-refractivity contribution in [3.8, 4) is 5.75 Å². The van der Waals surface area contributed by atoms with Crippen molar-refractivity contribution in [3.05, 3.63) is 57.6 Å². The van der Waals surface area contributed by atoms with E-state index in [1.807, 2.05) is 0 Å². The lowest BCUT2D eigenvalue weighted by atomic mass is 10.0.